The van der Waals surface area contributed by atoms with Gasteiger partial charge < -0.3 is 19.6 Å². The van der Waals surface area contributed by atoms with E-state index in [9.17, 15) is 9.59 Å². The van der Waals surface area contributed by atoms with E-state index in [1.165, 1.54) is 7.11 Å². The smallest absolute Gasteiger partial charge is 0.356 e. The van der Waals surface area contributed by atoms with Crippen LogP contribution in [0.15, 0.2) is 28.9 Å². The van der Waals surface area contributed by atoms with Crippen LogP contribution >= 0.6 is 0 Å². The van der Waals surface area contributed by atoms with E-state index in [0.717, 1.165) is 18.2 Å². The van der Waals surface area contributed by atoms with Crippen LogP contribution in [0, 0.1) is 6.92 Å². The Kier molecular flexibility index (Phi) is 4.84. The Balaban J connectivity index is 2.12. The molecule has 8 heteroatoms. The molecule has 116 valence electrons. The van der Waals surface area contributed by atoms with Gasteiger partial charge in [0.1, 0.15) is 23.3 Å². The zero-order chi connectivity index (χ0) is 16.1. The monoisotopic (exact) mass is 305 g/mol. The van der Waals surface area contributed by atoms with Gasteiger partial charge >= 0.3 is 5.97 Å². The van der Waals surface area contributed by atoms with Crippen molar-refractivity contribution >= 4 is 11.9 Å². The minimum Gasteiger partial charge on any atom is -0.476 e. The Morgan fingerprint density at radius 1 is 1.32 bits per heavy atom. The second-order valence-corrected chi connectivity index (χ2v) is 4.52. The van der Waals surface area contributed by atoms with Crippen molar-refractivity contribution in [2.45, 2.75) is 13.0 Å². The number of aromatic carboxylic acids is 1. The number of aryl methyl sites for hydroxylation is 1. The second-order valence-electron chi connectivity index (χ2n) is 4.52. The van der Waals surface area contributed by atoms with Gasteiger partial charge in [-0.1, -0.05) is 0 Å². The zero-order valence-corrected chi connectivity index (χ0v) is 12.1. The molecule has 2 heterocycles. The van der Waals surface area contributed by atoms with E-state index in [2.05, 4.69) is 15.3 Å². The van der Waals surface area contributed by atoms with E-state index in [-0.39, 0.29) is 18.0 Å². The summed E-state index contributed by atoms with van der Waals surface area (Å²) in [5, 5.41) is 11.5. The Bertz CT molecular complexity index is 665. The predicted octanol–water partition coefficient (Wildman–Crippen LogP) is 1.19. The number of carboxylic acids is 1. The molecule has 1 unspecified atom stereocenters. The molecule has 2 aromatic rings. The van der Waals surface area contributed by atoms with Gasteiger partial charge in [-0.2, -0.15) is 0 Å². The van der Waals surface area contributed by atoms with Gasteiger partial charge in [-0.3, -0.25) is 4.79 Å². The van der Waals surface area contributed by atoms with E-state index in [1.54, 1.807) is 19.1 Å². The lowest BCUT2D eigenvalue weighted by Crippen LogP contribution is -2.31. The summed E-state index contributed by atoms with van der Waals surface area (Å²) < 4.78 is 10.5. The van der Waals surface area contributed by atoms with E-state index in [4.69, 9.17) is 14.3 Å². The van der Waals surface area contributed by atoms with Crippen LogP contribution in [0.4, 0.5) is 0 Å². The molecule has 0 aliphatic heterocycles. The Labute approximate surface area is 126 Å². The van der Waals surface area contributed by atoms with Gasteiger partial charge in [0.2, 0.25) is 0 Å². The first kappa shape index (κ1) is 15.6. The van der Waals surface area contributed by atoms with Crippen molar-refractivity contribution in [3.8, 4) is 0 Å². The van der Waals surface area contributed by atoms with Crippen LogP contribution in [-0.2, 0) is 4.74 Å². The van der Waals surface area contributed by atoms with Crippen LogP contribution in [0.5, 0.6) is 0 Å². The number of aromatic nitrogens is 2. The molecule has 2 aromatic heterocycles. The number of hydrogen-bond donors (Lipinski definition) is 2. The first-order valence-electron chi connectivity index (χ1n) is 6.42. The zero-order valence-electron chi connectivity index (χ0n) is 12.1. The second kappa shape index (κ2) is 6.81. The van der Waals surface area contributed by atoms with Crippen molar-refractivity contribution in [1.82, 2.24) is 15.3 Å². The van der Waals surface area contributed by atoms with Crippen LogP contribution in [0.1, 0.15) is 38.5 Å². The molecule has 0 aliphatic rings. The normalized spacial score (nSPS) is 11.9. The highest BCUT2D eigenvalue weighted by atomic mass is 16.5. The fraction of sp³-hybridized carbons (Fsp3) is 0.286. The van der Waals surface area contributed by atoms with Crippen LogP contribution < -0.4 is 5.32 Å². The summed E-state index contributed by atoms with van der Waals surface area (Å²) in [6.45, 7) is 2.02. The first-order valence-corrected chi connectivity index (χ1v) is 6.42. The molecular formula is C14H15N3O5. The molecule has 0 fully saturated rings. The van der Waals surface area contributed by atoms with E-state index < -0.39 is 17.9 Å². The molecule has 0 aliphatic carbocycles. The summed E-state index contributed by atoms with van der Waals surface area (Å²) >= 11 is 0. The van der Waals surface area contributed by atoms with Crippen molar-refractivity contribution in [2.75, 3.05) is 13.7 Å². The van der Waals surface area contributed by atoms with Gasteiger partial charge in [0, 0.05) is 7.11 Å². The van der Waals surface area contributed by atoms with Crippen LogP contribution in [0.3, 0.4) is 0 Å². The van der Waals surface area contributed by atoms with Gasteiger partial charge in [0.05, 0.1) is 19.0 Å². The lowest BCUT2D eigenvalue weighted by Gasteiger charge is -2.15. The summed E-state index contributed by atoms with van der Waals surface area (Å²) in [6, 6.07) is 3.05. The Hall–Kier alpha value is -2.74. The van der Waals surface area contributed by atoms with E-state index >= 15 is 0 Å². The quantitative estimate of drug-likeness (QED) is 0.823. The molecule has 8 nitrogen and oxygen atoms in total. The molecule has 0 aromatic carbocycles. The summed E-state index contributed by atoms with van der Waals surface area (Å²) in [4.78, 5) is 30.3. The Morgan fingerprint density at radius 2 is 2.00 bits per heavy atom. The predicted molar refractivity (Wildman–Crippen MR) is 74.5 cm³/mol. The molecule has 0 radical (unpaired) electrons. The molecule has 0 spiro atoms. The van der Waals surface area contributed by atoms with Crippen molar-refractivity contribution in [3.63, 3.8) is 0 Å². The molecule has 1 amide bonds. The third-order valence-corrected chi connectivity index (χ3v) is 2.85. The number of ether oxygens (including phenoxy) is 1. The highest BCUT2D eigenvalue weighted by molar-refractivity contribution is 5.93. The fourth-order valence-electron chi connectivity index (χ4n) is 1.79. The van der Waals surface area contributed by atoms with E-state index in [0.29, 0.717) is 5.76 Å². The SMILES string of the molecule is COCC(NC(=O)c1cnc(C(=O)O)cn1)c1ccc(C)o1. The van der Waals surface area contributed by atoms with Crippen molar-refractivity contribution in [3.05, 3.63) is 47.4 Å². The number of rotatable bonds is 6. The van der Waals surface area contributed by atoms with Gasteiger partial charge in [-0.15, -0.1) is 0 Å². The topological polar surface area (TPSA) is 115 Å². The summed E-state index contributed by atoms with van der Waals surface area (Å²) in [6.07, 6.45) is 2.13. The average molecular weight is 305 g/mol. The van der Waals surface area contributed by atoms with Gasteiger partial charge in [0.25, 0.3) is 5.91 Å². The standard InChI is InChI=1S/C14H15N3O5/c1-8-3-4-12(22-8)11(7-21-2)17-13(18)9-5-16-10(6-15-9)14(19)20/h3-6,11H,7H2,1-2H3,(H,17,18)(H,19,20). The lowest BCUT2D eigenvalue weighted by atomic mass is 10.2. The summed E-state index contributed by atoms with van der Waals surface area (Å²) in [5.74, 6) is -0.429. The molecular weight excluding hydrogens is 290 g/mol. The molecule has 0 saturated carbocycles. The fourth-order valence-corrected chi connectivity index (χ4v) is 1.79. The number of nitrogens with zero attached hydrogens (tertiary/aromatic N) is 2. The number of amides is 1. The molecule has 0 bridgehead atoms. The summed E-state index contributed by atoms with van der Waals surface area (Å²) in [7, 11) is 1.51. The average Bonchev–Trinajstić information content (AvgIpc) is 2.93. The lowest BCUT2D eigenvalue weighted by molar-refractivity contribution is 0.0688. The van der Waals surface area contributed by atoms with Crippen molar-refractivity contribution in [2.24, 2.45) is 0 Å². The number of hydrogen-bond acceptors (Lipinski definition) is 6. The van der Waals surface area contributed by atoms with Gasteiger partial charge in [-0.05, 0) is 19.1 Å². The number of carbonyl (C=O) groups is 2. The molecule has 2 rings (SSSR count). The van der Waals surface area contributed by atoms with Crippen LogP contribution in [0.2, 0.25) is 0 Å². The minimum atomic E-state index is -1.21. The third-order valence-electron chi connectivity index (χ3n) is 2.85. The van der Waals surface area contributed by atoms with Crippen LogP contribution in [-0.4, -0.2) is 40.7 Å². The van der Waals surface area contributed by atoms with Crippen LogP contribution in [0.25, 0.3) is 0 Å². The molecule has 0 saturated heterocycles. The molecule has 2 N–H and O–H groups in total. The number of nitrogens with one attached hydrogen (secondary N) is 1. The number of carboxylic acid groups (broad SMARTS) is 1. The first-order chi connectivity index (χ1) is 10.5. The third kappa shape index (κ3) is 3.67. The maximum Gasteiger partial charge on any atom is 0.356 e. The number of carbonyl (C=O) groups excluding carboxylic acids is 1. The van der Waals surface area contributed by atoms with Crippen molar-refractivity contribution < 1.29 is 23.8 Å². The maximum absolute atomic E-state index is 12.1. The maximum atomic E-state index is 12.1. The minimum absolute atomic E-state index is 0.00869. The van der Waals surface area contributed by atoms with Crippen molar-refractivity contribution in [1.29, 1.82) is 0 Å². The highest BCUT2D eigenvalue weighted by Gasteiger charge is 2.20. The van der Waals surface area contributed by atoms with E-state index in [1.807, 2.05) is 0 Å². The largest absolute Gasteiger partial charge is 0.476 e. The molecule has 1 atom stereocenters. The highest BCUT2D eigenvalue weighted by Crippen LogP contribution is 2.17. The number of methoxy groups -OCH3 is 1. The van der Waals surface area contributed by atoms with Gasteiger partial charge in [0.15, 0.2) is 5.69 Å². The summed E-state index contributed by atoms with van der Waals surface area (Å²) in [5.41, 5.74) is -0.221. The number of furan rings is 1. The molecule has 22 heavy (non-hydrogen) atoms. The Morgan fingerprint density at radius 3 is 2.50 bits per heavy atom. The van der Waals surface area contributed by atoms with Gasteiger partial charge in [-0.25, -0.2) is 14.8 Å².